The van der Waals surface area contributed by atoms with Crippen LogP contribution in [0.1, 0.15) is 33.3 Å². The van der Waals surface area contributed by atoms with Crippen molar-refractivity contribution in [3.05, 3.63) is 42.0 Å². The molecule has 2 aromatic rings. The highest BCUT2D eigenvalue weighted by Crippen LogP contribution is 2.36. The molecule has 23 heavy (non-hydrogen) atoms. The van der Waals surface area contributed by atoms with E-state index in [4.69, 9.17) is 18.1 Å². The van der Waals surface area contributed by atoms with Crippen LogP contribution in [0.5, 0.6) is 5.75 Å². The summed E-state index contributed by atoms with van der Waals surface area (Å²) in [4.78, 5) is 0. The molecule has 126 valence electrons. The molecular formula is C17H24O4P2. The average Bonchev–Trinajstić information content (AvgIpc) is 2.52. The second kappa shape index (κ2) is 9.52. The number of benzene rings is 2. The topological polar surface area (TPSA) is 36.9 Å². The van der Waals surface area contributed by atoms with Gasteiger partial charge in [-0.2, -0.15) is 0 Å². The average molecular weight is 354 g/mol. The molecule has 0 N–H and O–H groups in total. The van der Waals surface area contributed by atoms with E-state index in [-0.39, 0.29) is 30.3 Å². The maximum absolute atomic E-state index is 5.93. The summed E-state index contributed by atoms with van der Waals surface area (Å²) in [5, 5.41) is 2.21. The zero-order valence-electron chi connectivity index (χ0n) is 14.0. The third-order valence-corrected chi connectivity index (χ3v) is 4.64. The molecular weight excluding hydrogens is 330 g/mol. The van der Waals surface area contributed by atoms with Gasteiger partial charge in [0.2, 0.25) is 9.03 Å². The van der Waals surface area contributed by atoms with Crippen LogP contribution in [0.2, 0.25) is 0 Å². The van der Waals surface area contributed by atoms with Crippen LogP contribution in [0.3, 0.4) is 0 Å². The van der Waals surface area contributed by atoms with E-state index in [2.05, 4.69) is 18.2 Å². The molecule has 0 bridgehead atoms. The molecule has 0 aromatic heterocycles. The lowest BCUT2D eigenvalue weighted by Gasteiger charge is -2.15. The van der Waals surface area contributed by atoms with Crippen molar-refractivity contribution in [3.63, 3.8) is 0 Å². The van der Waals surface area contributed by atoms with Gasteiger partial charge in [0.25, 0.3) is 0 Å². The summed E-state index contributed by atoms with van der Waals surface area (Å²) < 4.78 is 22.6. The standard InChI is InChI=1S/C17H24O4P2/c1-12(2)19-22-18-11-15-10-9-14-7-5-6-8-16(14)17(15)21-23-20-13(3)4/h5-10,12-13,22-23H,11H2,1-4H3. The first kappa shape index (κ1) is 18.6. The van der Waals surface area contributed by atoms with E-state index in [1.807, 2.05) is 45.9 Å². The molecule has 0 aliphatic heterocycles. The lowest BCUT2D eigenvalue weighted by atomic mass is 10.1. The molecule has 0 aliphatic carbocycles. The molecule has 0 saturated carbocycles. The van der Waals surface area contributed by atoms with Gasteiger partial charge in [-0.15, -0.1) is 0 Å². The first-order valence-corrected chi connectivity index (χ1v) is 9.31. The fraction of sp³-hybridized carbons (Fsp3) is 0.412. The van der Waals surface area contributed by atoms with Crippen molar-refractivity contribution in [1.29, 1.82) is 0 Å². The molecule has 0 spiro atoms. The van der Waals surface area contributed by atoms with E-state index in [0.29, 0.717) is 6.61 Å². The van der Waals surface area contributed by atoms with E-state index in [9.17, 15) is 0 Å². The van der Waals surface area contributed by atoms with Gasteiger partial charge in [0, 0.05) is 10.9 Å². The zero-order chi connectivity index (χ0) is 16.7. The minimum atomic E-state index is -0.0335. The van der Waals surface area contributed by atoms with Crippen molar-refractivity contribution in [2.45, 2.75) is 46.5 Å². The van der Waals surface area contributed by atoms with Gasteiger partial charge in [0.1, 0.15) is 5.75 Å². The lowest BCUT2D eigenvalue weighted by molar-refractivity contribution is 0.215. The van der Waals surface area contributed by atoms with E-state index in [1.165, 1.54) is 0 Å². The normalized spacial score (nSPS) is 12.6. The third-order valence-electron chi connectivity index (χ3n) is 2.96. The first-order chi connectivity index (χ1) is 11.1. The molecule has 0 heterocycles. The fourth-order valence-electron chi connectivity index (χ4n) is 1.92. The number of fused-ring (bicyclic) bond motifs is 1. The first-order valence-electron chi connectivity index (χ1n) is 7.68. The van der Waals surface area contributed by atoms with Crippen LogP contribution < -0.4 is 4.52 Å². The van der Waals surface area contributed by atoms with Crippen LogP contribution in [-0.2, 0) is 20.2 Å². The Balaban J connectivity index is 2.13. The Hall–Kier alpha value is -0.760. The molecule has 2 rings (SSSR count). The number of hydrogen-bond acceptors (Lipinski definition) is 4. The van der Waals surface area contributed by atoms with Crippen molar-refractivity contribution in [2.24, 2.45) is 0 Å². The minimum Gasteiger partial charge on any atom is -0.449 e. The Morgan fingerprint density at radius 3 is 2.30 bits per heavy atom. The Morgan fingerprint density at radius 1 is 0.870 bits per heavy atom. The predicted molar refractivity (Wildman–Crippen MR) is 98.4 cm³/mol. The molecule has 0 radical (unpaired) electrons. The van der Waals surface area contributed by atoms with Gasteiger partial charge in [-0.05, 0) is 33.1 Å². The van der Waals surface area contributed by atoms with Gasteiger partial charge >= 0.3 is 0 Å². The Bertz CT molecular complexity index is 617. The van der Waals surface area contributed by atoms with Crippen LogP contribution in [-0.4, -0.2) is 12.2 Å². The van der Waals surface area contributed by atoms with Crippen LogP contribution in [0.15, 0.2) is 36.4 Å². The summed E-state index contributed by atoms with van der Waals surface area (Å²) >= 11 is 0. The largest absolute Gasteiger partial charge is 0.449 e. The van der Waals surface area contributed by atoms with Crippen molar-refractivity contribution in [1.82, 2.24) is 0 Å². The van der Waals surface area contributed by atoms with Crippen molar-refractivity contribution in [2.75, 3.05) is 0 Å². The second-order valence-electron chi connectivity index (χ2n) is 5.67. The van der Waals surface area contributed by atoms with Crippen LogP contribution in [0, 0.1) is 0 Å². The molecule has 0 fully saturated rings. The van der Waals surface area contributed by atoms with Gasteiger partial charge in [0.05, 0.1) is 18.8 Å². The third kappa shape index (κ3) is 5.99. The van der Waals surface area contributed by atoms with Crippen molar-refractivity contribution >= 4 is 28.8 Å². The van der Waals surface area contributed by atoms with Crippen LogP contribution in [0.4, 0.5) is 0 Å². The smallest absolute Gasteiger partial charge is 0.215 e. The van der Waals surface area contributed by atoms with E-state index < -0.39 is 0 Å². The highest BCUT2D eigenvalue weighted by molar-refractivity contribution is 7.26. The fourth-order valence-corrected chi connectivity index (χ4v) is 2.96. The predicted octanol–water partition coefficient (Wildman–Crippen LogP) is 5.60. The Kier molecular flexibility index (Phi) is 7.69. The molecule has 4 nitrogen and oxygen atoms in total. The Labute approximate surface area is 141 Å². The summed E-state index contributed by atoms with van der Waals surface area (Å²) in [6.45, 7) is 8.43. The molecule has 2 atom stereocenters. The molecule has 2 unspecified atom stereocenters. The maximum atomic E-state index is 5.93. The monoisotopic (exact) mass is 354 g/mol. The summed E-state index contributed by atoms with van der Waals surface area (Å²) in [7, 11) is -0.00826. The molecule has 0 aliphatic rings. The van der Waals surface area contributed by atoms with Crippen LogP contribution >= 0.6 is 18.1 Å². The quantitative estimate of drug-likeness (QED) is 0.434. The van der Waals surface area contributed by atoms with Crippen molar-refractivity contribution in [3.8, 4) is 5.75 Å². The molecule has 6 heteroatoms. The minimum absolute atomic E-state index is 0.0252. The number of hydrogen-bond donors (Lipinski definition) is 0. The number of rotatable bonds is 9. The second-order valence-corrected chi connectivity index (χ2v) is 6.96. The Morgan fingerprint density at radius 2 is 1.57 bits per heavy atom. The maximum Gasteiger partial charge on any atom is 0.215 e. The molecule has 2 aromatic carbocycles. The van der Waals surface area contributed by atoms with Gasteiger partial charge in [0.15, 0.2) is 9.03 Å². The van der Waals surface area contributed by atoms with Gasteiger partial charge in [-0.1, -0.05) is 36.4 Å². The van der Waals surface area contributed by atoms with Crippen molar-refractivity contribution < 1.29 is 18.1 Å². The highest BCUT2D eigenvalue weighted by Gasteiger charge is 2.10. The zero-order valence-corrected chi connectivity index (χ0v) is 16.0. The van der Waals surface area contributed by atoms with E-state index in [0.717, 1.165) is 22.1 Å². The van der Waals surface area contributed by atoms with Gasteiger partial charge in [-0.25, -0.2) is 0 Å². The summed E-state index contributed by atoms with van der Waals surface area (Å²) in [5.41, 5.74) is 1.00. The lowest BCUT2D eigenvalue weighted by Crippen LogP contribution is -1.98. The molecule has 0 amide bonds. The summed E-state index contributed by atoms with van der Waals surface area (Å²) in [6.07, 6.45) is 0.311. The molecule has 0 saturated heterocycles. The van der Waals surface area contributed by atoms with E-state index >= 15 is 0 Å². The van der Waals surface area contributed by atoms with Gasteiger partial charge in [-0.3, -0.25) is 0 Å². The van der Waals surface area contributed by atoms with Crippen LogP contribution in [0.25, 0.3) is 10.8 Å². The summed E-state index contributed by atoms with van der Waals surface area (Å²) in [5.74, 6) is 0.830. The van der Waals surface area contributed by atoms with E-state index in [1.54, 1.807) is 0 Å². The summed E-state index contributed by atoms with van der Waals surface area (Å²) in [6, 6.07) is 12.3. The van der Waals surface area contributed by atoms with Gasteiger partial charge < -0.3 is 18.1 Å². The SMILES string of the molecule is CC(C)OPOCc1ccc2ccccc2c1OPOC(C)C. The highest BCUT2D eigenvalue weighted by atomic mass is 31.1.